The van der Waals surface area contributed by atoms with E-state index in [9.17, 15) is 58.6 Å². The summed E-state index contributed by atoms with van der Waals surface area (Å²) < 4.78 is 0. The maximum Gasteiger partial charge on any atom is 0.352 e. The number of hydrogen-bond donors (Lipinski definition) is 17. The number of carbonyl (C=O) groups is 9. The number of amides is 8. The van der Waals surface area contributed by atoms with Crippen molar-refractivity contribution in [2.24, 2.45) is 50.9 Å². The third-order valence-corrected chi connectivity index (χ3v) is 12.0. The number of nitrogens with zero attached hydrogens (tertiary/aromatic N) is 3. The van der Waals surface area contributed by atoms with Gasteiger partial charge in [-0.05, 0) is 109 Å². The molecule has 426 valence electrons. The first-order valence-electron chi connectivity index (χ1n) is 25.4. The largest absolute Gasteiger partial charge is 0.477 e. The lowest BCUT2D eigenvalue weighted by atomic mass is 10.0. The number of aliphatic hydroxyl groups is 1. The summed E-state index contributed by atoms with van der Waals surface area (Å²) >= 11 is 0. The Morgan fingerprint density at radius 3 is 2.00 bits per heavy atom. The van der Waals surface area contributed by atoms with Gasteiger partial charge < -0.3 is 98.2 Å². The van der Waals surface area contributed by atoms with Gasteiger partial charge in [0.15, 0.2) is 5.96 Å². The number of hydrogen-bond acceptors (Lipinski definition) is 18. The average molecular weight is 1080 g/mol. The molecule has 0 aliphatic carbocycles. The summed E-state index contributed by atoms with van der Waals surface area (Å²) in [6.45, 7) is -0.430. The Labute approximate surface area is 447 Å². The predicted octanol–water partition coefficient (Wildman–Crippen LogP) is -7.03. The molecule has 77 heavy (non-hydrogen) atoms. The van der Waals surface area contributed by atoms with E-state index in [0.717, 1.165) is 0 Å². The van der Waals surface area contributed by atoms with Gasteiger partial charge in [-0.1, -0.05) is 24.6 Å². The minimum atomic E-state index is -1.61. The molecule has 0 spiro atoms. The lowest BCUT2D eigenvalue weighted by Crippen LogP contribution is -2.61. The van der Waals surface area contributed by atoms with E-state index in [2.05, 4.69) is 54.3 Å². The van der Waals surface area contributed by atoms with Crippen LogP contribution in [0.1, 0.15) is 88.2 Å². The number of aliphatic hydroxyl groups excluding tert-OH is 1. The van der Waals surface area contributed by atoms with Crippen molar-refractivity contribution in [3.8, 4) is 6.07 Å². The Morgan fingerprint density at radius 1 is 0.753 bits per heavy atom. The molecule has 0 unspecified atom stereocenters. The molecule has 1 heterocycles. The number of aliphatic imine (C=N–C) groups is 1. The van der Waals surface area contributed by atoms with Crippen LogP contribution >= 0.6 is 0 Å². The first-order valence-corrected chi connectivity index (χ1v) is 25.4. The minimum Gasteiger partial charge on any atom is -0.477 e. The number of guanidine groups is 1. The Bertz CT molecular complexity index is 2220. The van der Waals surface area contributed by atoms with E-state index in [0.29, 0.717) is 44.2 Å². The summed E-state index contributed by atoms with van der Waals surface area (Å²) in [7, 11) is 0. The zero-order valence-corrected chi connectivity index (χ0v) is 43.2. The summed E-state index contributed by atoms with van der Waals surface area (Å²) in [5.41, 5.74) is 44.9. The number of carboxylic acids is 1. The highest BCUT2D eigenvalue weighted by Gasteiger charge is 2.40. The number of nitrogens with two attached hydrogens (primary N) is 8. The van der Waals surface area contributed by atoms with E-state index in [1.165, 1.54) is 23.1 Å². The third-order valence-electron chi connectivity index (χ3n) is 12.0. The van der Waals surface area contributed by atoms with Crippen LogP contribution in [-0.2, 0) is 49.6 Å². The van der Waals surface area contributed by atoms with Gasteiger partial charge in [0.05, 0.1) is 18.7 Å². The topological polar surface area (TPSA) is 526 Å². The molecule has 1 aliphatic rings. The van der Waals surface area contributed by atoms with Crippen LogP contribution in [0.25, 0.3) is 0 Å². The molecule has 1 aliphatic heterocycles. The molecule has 1 aromatic carbocycles. The number of rotatable bonds is 36. The maximum absolute atomic E-state index is 14.3. The fourth-order valence-corrected chi connectivity index (χ4v) is 7.83. The summed E-state index contributed by atoms with van der Waals surface area (Å²) in [6, 6.07) is 1.06. The third kappa shape index (κ3) is 23.5. The summed E-state index contributed by atoms with van der Waals surface area (Å²) in [4.78, 5) is 126. The van der Waals surface area contributed by atoms with Crippen molar-refractivity contribution in [3.05, 3.63) is 47.2 Å². The van der Waals surface area contributed by atoms with Crippen molar-refractivity contribution in [1.29, 1.82) is 5.26 Å². The van der Waals surface area contributed by atoms with Crippen molar-refractivity contribution in [2.45, 2.75) is 132 Å². The second-order valence-electron chi connectivity index (χ2n) is 18.0. The number of carbonyl (C=O) groups excluding carboxylic acids is 8. The second kappa shape index (κ2) is 35.7. The molecule has 0 radical (unpaired) electrons. The Hall–Kier alpha value is -7.51. The number of aliphatic carboxylic acids is 1. The quantitative estimate of drug-likeness (QED) is 0.0128. The number of nitriles is 1. The van der Waals surface area contributed by atoms with Crippen molar-refractivity contribution >= 4 is 59.2 Å². The SMILES string of the molecule is N#Cc1c#cc(C[C@H](NC(=O)[C@@H]2CCCN2C(=O)[C@@H](CCCN)NC(=O)CNC(=O)[C@H](CCN)NC(=O)[C@H](NC(=O)[C@@H](N)CCCCN)[C@@H](O)CN)C(=O)N[C@@H](CCCCN)C(=O)N/C(=C\CCN=C(N)N)C(=O)O)cc1. The monoisotopic (exact) mass is 1080 g/mol. The van der Waals surface area contributed by atoms with Crippen molar-refractivity contribution in [2.75, 3.05) is 52.4 Å². The van der Waals surface area contributed by atoms with Crippen LogP contribution in [0.3, 0.4) is 0 Å². The summed E-state index contributed by atoms with van der Waals surface area (Å²) in [5, 5.41) is 47.0. The molecule has 0 saturated carbocycles. The molecule has 1 aromatic rings. The van der Waals surface area contributed by atoms with E-state index in [1.807, 2.05) is 6.07 Å². The lowest BCUT2D eigenvalue weighted by molar-refractivity contribution is -0.142. The predicted molar refractivity (Wildman–Crippen MR) is 280 cm³/mol. The molecule has 8 amide bonds. The normalized spacial score (nSPS) is 15.8. The van der Waals surface area contributed by atoms with Crippen molar-refractivity contribution in [1.82, 2.24) is 42.1 Å². The van der Waals surface area contributed by atoms with E-state index in [1.54, 1.807) is 0 Å². The van der Waals surface area contributed by atoms with Gasteiger partial charge in [0.2, 0.25) is 47.3 Å². The second-order valence-corrected chi connectivity index (χ2v) is 18.0. The molecule has 8 atom stereocenters. The molecule has 1 fully saturated rings. The summed E-state index contributed by atoms with van der Waals surface area (Å²) in [6.07, 6.45) is 2.17. The Kier molecular flexibility index (Phi) is 30.4. The van der Waals surface area contributed by atoms with Gasteiger partial charge in [-0.3, -0.25) is 43.3 Å². The molecule has 25 N–H and O–H groups in total. The highest BCUT2D eigenvalue weighted by molar-refractivity contribution is 5.99. The van der Waals surface area contributed by atoms with Crippen LogP contribution < -0.4 is 83.1 Å². The average Bonchev–Trinajstić information content (AvgIpc) is 3.91. The van der Waals surface area contributed by atoms with Gasteiger partial charge in [-0.15, -0.1) is 0 Å². The van der Waals surface area contributed by atoms with Gasteiger partial charge in [-0.2, -0.15) is 5.26 Å². The van der Waals surface area contributed by atoms with Crippen molar-refractivity contribution < 1.29 is 53.4 Å². The molecular weight excluding hydrogens is 1000 g/mol. The molecule has 29 nitrogen and oxygen atoms in total. The zero-order valence-electron chi connectivity index (χ0n) is 43.2. The lowest BCUT2D eigenvalue weighted by Gasteiger charge is -2.30. The van der Waals surface area contributed by atoms with Crippen LogP contribution in [0.15, 0.2) is 28.9 Å². The van der Waals surface area contributed by atoms with Crippen molar-refractivity contribution in [3.63, 3.8) is 0 Å². The van der Waals surface area contributed by atoms with Crippen LogP contribution in [0.4, 0.5) is 0 Å². The summed E-state index contributed by atoms with van der Waals surface area (Å²) in [5.74, 6) is -8.36. The van der Waals surface area contributed by atoms with E-state index in [-0.39, 0.29) is 95.6 Å². The highest BCUT2D eigenvalue weighted by Crippen LogP contribution is 2.21. The van der Waals surface area contributed by atoms with Crippen LogP contribution in [0.2, 0.25) is 0 Å². The number of nitrogens with one attached hydrogen (secondary N) is 7. The fourth-order valence-electron chi connectivity index (χ4n) is 7.83. The van der Waals surface area contributed by atoms with E-state index in [4.69, 9.17) is 45.9 Å². The smallest absolute Gasteiger partial charge is 0.352 e. The Balaban J connectivity index is 2.32. The van der Waals surface area contributed by atoms with Gasteiger partial charge >= 0.3 is 5.97 Å². The van der Waals surface area contributed by atoms with E-state index >= 15 is 0 Å². The van der Waals surface area contributed by atoms with Crippen LogP contribution in [0.5, 0.6) is 0 Å². The number of carboxylic acid groups (broad SMARTS) is 1. The number of unbranched alkanes of at least 4 members (excludes halogenated alkanes) is 2. The van der Waals surface area contributed by atoms with E-state index < -0.39 is 120 Å². The molecule has 2 rings (SSSR count). The Morgan fingerprint density at radius 2 is 1.40 bits per heavy atom. The molecular formula is C48H78N18O11. The van der Waals surface area contributed by atoms with Gasteiger partial charge in [0.1, 0.15) is 53.6 Å². The molecule has 29 heteroatoms. The number of likely N-dealkylation sites (tertiary alicyclic amines) is 1. The first-order chi connectivity index (χ1) is 36.7. The molecule has 0 aromatic heterocycles. The molecule has 1 saturated heterocycles. The standard InChI is InChI=1S/C48H78N18O11/c49-18-3-1-8-30(55)40(69)65-39(37(67)26-54)45(74)62-32(17-21-52)41(70)59-27-38(68)60-33(10-5-20-51)46(75)66-23-7-12-36(66)44(73)64-35(24-28-13-15-29(25-53)16-14-28)43(72)61-31(9-2-4-19-50)42(71)63-34(47(76)77)11-6-22-58-48(56)57/h11,13,15,30-33,35-37,39,67H,1-10,12,17-24,26-27,49-52,54-55H2,(H,59,70)(H,60,68)(H,61,72)(H,62,74)(H,63,71)(H,64,73)(H,65,69)(H,76,77)(H4,56,57,58)/b34-11-/t30-,31-,32-,33+,35-,36-,37-,39+/m0/s1. The maximum atomic E-state index is 14.3. The highest BCUT2D eigenvalue weighted by atomic mass is 16.4. The van der Waals surface area contributed by atoms with Gasteiger partial charge in [0.25, 0.3) is 0 Å². The first kappa shape index (κ1) is 65.6. The minimum absolute atomic E-state index is 0.0106. The zero-order chi connectivity index (χ0) is 57.5. The van der Waals surface area contributed by atoms with Gasteiger partial charge in [0, 0.05) is 31.6 Å². The van der Waals surface area contributed by atoms with Gasteiger partial charge in [-0.25, -0.2) is 4.79 Å². The van der Waals surface area contributed by atoms with Crippen LogP contribution in [-0.4, -0.2) is 175 Å². The fraction of sp³-hybridized carbons (Fsp3) is 0.604. The molecule has 0 bridgehead atoms. The van der Waals surface area contributed by atoms with Crippen LogP contribution in [0, 0.1) is 23.5 Å².